The largest absolute Gasteiger partial charge is 0.491 e. The lowest BCUT2D eigenvalue weighted by Crippen LogP contribution is -2.41. The van der Waals surface area contributed by atoms with Gasteiger partial charge in [0.2, 0.25) is 0 Å². The summed E-state index contributed by atoms with van der Waals surface area (Å²) in [5, 5.41) is 39.1. The lowest BCUT2D eigenvalue weighted by atomic mass is 9.77. The van der Waals surface area contributed by atoms with E-state index in [1.807, 2.05) is 43.3 Å². The van der Waals surface area contributed by atoms with E-state index in [2.05, 4.69) is 52.8 Å². The van der Waals surface area contributed by atoms with E-state index in [0.29, 0.717) is 5.75 Å². The Balaban J connectivity index is 1.58. The fraction of sp³-hybridized carbons (Fsp3) is 0.520. The molecule has 10 heteroatoms. The molecule has 2 aromatic carbocycles. The van der Waals surface area contributed by atoms with Crippen LogP contribution in [0.15, 0.2) is 52.8 Å². The van der Waals surface area contributed by atoms with E-state index >= 15 is 0 Å². The molecule has 1 aliphatic rings. The van der Waals surface area contributed by atoms with Crippen LogP contribution in [0.1, 0.15) is 30.5 Å². The standard InChI is InChI=1S/C25H33ClIN3O5/c1-16-10-18(6-9-23(16)35-14-19(32)11-26)25(2,3)17-4-7-21(8-5-17)34-15-20(33)12-30-22(13-31)24(27)28-29-30/h4-10,19-20,22,24,31-33H,11-15H2,1-3H3/t19-,20-,22?,24?/m0/s1. The van der Waals surface area contributed by atoms with Crippen molar-refractivity contribution in [1.29, 1.82) is 0 Å². The minimum Gasteiger partial charge on any atom is -0.491 e. The third-order valence-corrected chi connectivity index (χ3v) is 7.52. The van der Waals surface area contributed by atoms with Crippen molar-refractivity contribution in [2.75, 3.05) is 32.2 Å². The van der Waals surface area contributed by atoms with Gasteiger partial charge in [-0.25, -0.2) is 0 Å². The maximum atomic E-state index is 10.4. The molecule has 35 heavy (non-hydrogen) atoms. The zero-order chi connectivity index (χ0) is 25.6. The second-order valence-electron chi connectivity index (χ2n) is 9.16. The third-order valence-electron chi connectivity index (χ3n) is 6.09. The average molecular weight is 618 g/mol. The van der Waals surface area contributed by atoms with Gasteiger partial charge in [0.15, 0.2) is 0 Å². The number of halogens is 2. The zero-order valence-corrected chi connectivity index (χ0v) is 23.1. The van der Waals surface area contributed by atoms with Gasteiger partial charge in [-0.15, -0.1) is 11.6 Å². The Labute approximate surface area is 225 Å². The molecular weight excluding hydrogens is 585 g/mol. The van der Waals surface area contributed by atoms with Gasteiger partial charge in [-0.1, -0.05) is 65.9 Å². The number of benzene rings is 2. The summed E-state index contributed by atoms with van der Waals surface area (Å²) in [5.74, 6) is 1.52. The number of hydrogen-bond donors (Lipinski definition) is 3. The van der Waals surface area contributed by atoms with Crippen LogP contribution in [0.4, 0.5) is 0 Å². The molecule has 0 aromatic heterocycles. The van der Waals surface area contributed by atoms with E-state index in [9.17, 15) is 15.3 Å². The Morgan fingerprint density at radius 3 is 2.34 bits per heavy atom. The average Bonchev–Trinajstić information content (AvgIpc) is 3.20. The number of alkyl halides is 2. The van der Waals surface area contributed by atoms with Gasteiger partial charge < -0.3 is 24.8 Å². The number of hydrogen-bond acceptors (Lipinski definition) is 8. The molecule has 0 fully saturated rings. The van der Waals surface area contributed by atoms with Crippen LogP contribution in [0.2, 0.25) is 0 Å². The molecule has 3 N–H and O–H groups in total. The third kappa shape index (κ3) is 7.19. The Kier molecular flexibility index (Phi) is 10.00. The maximum absolute atomic E-state index is 10.4. The van der Waals surface area contributed by atoms with E-state index in [4.69, 9.17) is 21.1 Å². The highest BCUT2D eigenvalue weighted by molar-refractivity contribution is 14.1. The van der Waals surface area contributed by atoms with Crippen molar-refractivity contribution in [3.05, 3.63) is 59.2 Å². The van der Waals surface area contributed by atoms with Crippen LogP contribution in [-0.2, 0) is 5.41 Å². The molecule has 2 aromatic rings. The quantitative estimate of drug-likeness (QED) is 0.190. The summed E-state index contributed by atoms with van der Waals surface area (Å²) < 4.78 is 11.3. The molecule has 3 rings (SSSR count). The topological polar surface area (TPSA) is 107 Å². The molecule has 0 amide bonds. The van der Waals surface area contributed by atoms with Gasteiger partial charge in [-0.2, -0.15) is 5.11 Å². The van der Waals surface area contributed by atoms with Gasteiger partial charge in [0.25, 0.3) is 0 Å². The smallest absolute Gasteiger partial charge is 0.148 e. The van der Waals surface area contributed by atoms with E-state index in [-0.39, 0.29) is 47.8 Å². The molecule has 0 saturated heterocycles. The number of aliphatic hydroxyl groups excluding tert-OH is 3. The van der Waals surface area contributed by atoms with Crippen LogP contribution in [-0.4, -0.2) is 74.9 Å². The summed E-state index contributed by atoms with van der Waals surface area (Å²) in [6.45, 7) is 6.73. The Hall–Kier alpha value is -1.66. The van der Waals surface area contributed by atoms with Crippen LogP contribution in [0, 0.1) is 6.92 Å². The van der Waals surface area contributed by atoms with Gasteiger partial charge in [-0.05, 0) is 41.8 Å². The van der Waals surface area contributed by atoms with E-state index in [1.165, 1.54) is 0 Å². The van der Waals surface area contributed by atoms with Crippen molar-refractivity contribution >= 4 is 34.2 Å². The second-order valence-corrected chi connectivity index (χ2v) is 10.7. The first-order chi connectivity index (χ1) is 16.6. The molecule has 8 nitrogen and oxygen atoms in total. The predicted molar refractivity (Wildman–Crippen MR) is 144 cm³/mol. The summed E-state index contributed by atoms with van der Waals surface area (Å²) >= 11 is 7.75. The zero-order valence-electron chi connectivity index (χ0n) is 20.1. The van der Waals surface area contributed by atoms with E-state index < -0.39 is 12.2 Å². The highest BCUT2D eigenvalue weighted by Crippen LogP contribution is 2.35. The van der Waals surface area contributed by atoms with E-state index in [1.54, 1.807) is 5.01 Å². The fourth-order valence-electron chi connectivity index (χ4n) is 3.78. The first kappa shape index (κ1) is 27.9. The summed E-state index contributed by atoms with van der Waals surface area (Å²) in [4.78, 5) is 0. The van der Waals surface area contributed by atoms with Crippen molar-refractivity contribution < 1.29 is 24.8 Å². The summed E-state index contributed by atoms with van der Waals surface area (Å²) in [6, 6.07) is 13.7. The minimum atomic E-state index is -0.768. The van der Waals surface area contributed by atoms with Crippen LogP contribution < -0.4 is 9.47 Å². The van der Waals surface area contributed by atoms with Gasteiger partial charge in [0.1, 0.15) is 47.0 Å². The van der Waals surface area contributed by atoms with Crippen molar-refractivity contribution in [2.45, 2.75) is 48.5 Å². The summed E-state index contributed by atoms with van der Waals surface area (Å²) in [5.41, 5.74) is 2.98. The second kappa shape index (κ2) is 12.5. The number of nitrogens with zero attached hydrogens (tertiary/aromatic N) is 3. The fourth-order valence-corrected chi connectivity index (χ4v) is 4.58. The lowest BCUT2D eigenvalue weighted by molar-refractivity contribution is 0.0482. The number of aryl methyl sites for hydroxylation is 1. The first-order valence-corrected chi connectivity index (χ1v) is 13.3. The first-order valence-electron chi connectivity index (χ1n) is 11.5. The Bertz CT molecular complexity index is 992. The monoisotopic (exact) mass is 617 g/mol. The van der Waals surface area contributed by atoms with Crippen molar-refractivity contribution in [3.8, 4) is 11.5 Å². The minimum absolute atomic E-state index is 0.0716. The number of β-amino-alcohol motifs (C(OH)–C–C–N with tert-alkyl or cyclic N) is 1. The molecule has 0 spiro atoms. The van der Waals surface area contributed by atoms with Gasteiger partial charge in [-0.3, -0.25) is 5.01 Å². The highest BCUT2D eigenvalue weighted by atomic mass is 127. The normalized spacial score (nSPS) is 19.6. The Morgan fingerprint density at radius 1 is 1.06 bits per heavy atom. The molecule has 4 atom stereocenters. The molecule has 1 heterocycles. The molecule has 0 radical (unpaired) electrons. The SMILES string of the molecule is Cc1cc(C(C)(C)c2ccc(OC[C@@H](O)CN3N=NC(I)C3CO)cc2)ccc1OC[C@@H](O)CCl. The van der Waals surface area contributed by atoms with Gasteiger partial charge in [0, 0.05) is 5.41 Å². The number of rotatable bonds is 12. The molecule has 0 aliphatic carbocycles. The number of aliphatic hydroxyl groups is 3. The van der Waals surface area contributed by atoms with E-state index in [0.717, 1.165) is 22.4 Å². The highest BCUT2D eigenvalue weighted by Gasteiger charge is 2.31. The van der Waals surface area contributed by atoms with Crippen molar-refractivity contribution in [3.63, 3.8) is 0 Å². The predicted octanol–water partition coefficient (Wildman–Crippen LogP) is 3.84. The molecule has 192 valence electrons. The molecule has 2 unspecified atom stereocenters. The van der Waals surface area contributed by atoms with Crippen LogP contribution in [0.5, 0.6) is 11.5 Å². The molecule has 0 bridgehead atoms. The van der Waals surface area contributed by atoms with Crippen molar-refractivity contribution in [2.24, 2.45) is 10.3 Å². The summed E-state index contributed by atoms with van der Waals surface area (Å²) in [6.07, 6.45) is -1.46. The van der Waals surface area contributed by atoms with Crippen molar-refractivity contribution in [1.82, 2.24) is 5.01 Å². The molecule has 0 saturated carbocycles. The van der Waals surface area contributed by atoms with Crippen LogP contribution >= 0.6 is 34.2 Å². The number of ether oxygens (including phenoxy) is 2. The summed E-state index contributed by atoms with van der Waals surface area (Å²) in [7, 11) is 0. The Morgan fingerprint density at radius 2 is 1.71 bits per heavy atom. The van der Waals surface area contributed by atoms with Crippen LogP contribution in [0.3, 0.4) is 0 Å². The van der Waals surface area contributed by atoms with Gasteiger partial charge in [0.05, 0.1) is 19.0 Å². The van der Waals surface area contributed by atoms with Crippen LogP contribution in [0.25, 0.3) is 0 Å². The molecular formula is C25H33ClIN3O5. The maximum Gasteiger partial charge on any atom is 0.148 e. The molecule has 1 aliphatic heterocycles. The van der Waals surface area contributed by atoms with Gasteiger partial charge >= 0.3 is 0 Å². The lowest BCUT2D eigenvalue weighted by Gasteiger charge is -2.27.